The number of aliphatic hydroxyl groups is 1. The van der Waals surface area contributed by atoms with E-state index >= 15 is 0 Å². The zero-order chi connectivity index (χ0) is 17.2. The molecule has 0 rings (SSSR count). The van der Waals surface area contributed by atoms with Gasteiger partial charge in [0.2, 0.25) is 0 Å². The van der Waals surface area contributed by atoms with Crippen LogP contribution in [0.1, 0.15) is 84.0 Å². The molecular weight excluding hydrogens is 308 g/mol. The summed E-state index contributed by atoms with van der Waals surface area (Å²) in [6, 6.07) is 0. The molecule has 4 heteroatoms. The van der Waals surface area contributed by atoms with Gasteiger partial charge in [-0.3, -0.25) is 4.79 Å². The van der Waals surface area contributed by atoms with E-state index < -0.39 is 12.1 Å². The first-order valence-electron chi connectivity index (χ1n) is 9.12. The number of aliphatic hydroxyl groups excluding tert-OH is 1. The topological polar surface area (TPSA) is 57.5 Å². The molecule has 0 saturated carbocycles. The number of unbranched alkanes of at least 4 members (excludes halogenated alkanes) is 7. The van der Waals surface area contributed by atoms with Crippen LogP contribution < -0.4 is 0 Å². The maximum atomic E-state index is 10.3. The summed E-state index contributed by atoms with van der Waals surface area (Å²) in [6.07, 6.45) is 11.7. The second-order valence-electron chi connectivity index (χ2n) is 5.96. The molecule has 0 aromatic carbocycles. The maximum Gasteiger partial charge on any atom is 0.303 e. The quantitative estimate of drug-likeness (QED) is 0.329. The Morgan fingerprint density at radius 2 is 1.65 bits per heavy atom. The van der Waals surface area contributed by atoms with E-state index in [9.17, 15) is 9.90 Å². The number of carboxylic acid groups (broad SMARTS) is 1. The van der Waals surface area contributed by atoms with Crippen LogP contribution in [0.5, 0.6) is 0 Å². The van der Waals surface area contributed by atoms with Crippen LogP contribution in [-0.2, 0) is 4.79 Å². The van der Waals surface area contributed by atoms with Gasteiger partial charge in [-0.1, -0.05) is 44.9 Å². The highest BCUT2D eigenvalue weighted by atomic mass is 32.2. The molecule has 2 N–H and O–H groups in total. The van der Waals surface area contributed by atoms with Gasteiger partial charge in [0.15, 0.2) is 0 Å². The summed E-state index contributed by atoms with van der Waals surface area (Å²) >= 11 is 1.94. The third-order valence-corrected chi connectivity index (χ3v) is 4.77. The van der Waals surface area contributed by atoms with Crippen LogP contribution in [0, 0.1) is 11.8 Å². The Morgan fingerprint density at radius 3 is 2.35 bits per heavy atom. The fourth-order valence-corrected chi connectivity index (χ4v) is 3.21. The van der Waals surface area contributed by atoms with Gasteiger partial charge in [0.1, 0.15) is 6.10 Å². The lowest BCUT2D eigenvalue weighted by atomic mass is 10.1. The molecule has 0 spiro atoms. The van der Waals surface area contributed by atoms with Crippen LogP contribution in [0.4, 0.5) is 0 Å². The molecule has 3 nitrogen and oxygen atoms in total. The van der Waals surface area contributed by atoms with E-state index in [0.717, 1.165) is 50.7 Å². The molecule has 0 saturated heterocycles. The van der Waals surface area contributed by atoms with Crippen molar-refractivity contribution in [3.8, 4) is 11.8 Å². The Kier molecular flexibility index (Phi) is 17.2. The van der Waals surface area contributed by atoms with Crippen molar-refractivity contribution in [2.24, 2.45) is 0 Å². The summed E-state index contributed by atoms with van der Waals surface area (Å²) in [5.41, 5.74) is 0. The molecule has 1 unspecified atom stereocenters. The third kappa shape index (κ3) is 19.3. The fourth-order valence-electron chi connectivity index (χ4n) is 2.19. The number of carbonyl (C=O) groups is 1. The van der Waals surface area contributed by atoms with Gasteiger partial charge in [-0.25, -0.2) is 0 Å². The Bertz CT molecular complexity index is 333. The summed E-state index contributed by atoms with van der Waals surface area (Å²) in [6.45, 7) is 2.12. The van der Waals surface area contributed by atoms with Crippen molar-refractivity contribution < 1.29 is 15.0 Å². The minimum absolute atomic E-state index is 0.305. The minimum atomic E-state index is -0.685. The van der Waals surface area contributed by atoms with Crippen molar-refractivity contribution in [2.75, 3.05) is 11.5 Å². The van der Waals surface area contributed by atoms with Gasteiger partial charge in [0.05, 0.1) is 0 Å². The van der Waals surface area contributed by atoms with Gasteiger partial charge < -0.3 is 10.2 Å². The van der Waals surface area contributed by atoms with Gasteiger partial charge in [-0.2, -0.15) is 11.8 Å². The van der Waals surface area contributed by atoms with Crippen molar-refractivity contribution in [2.45, 2.75) is 90.1 Å². The minimum Gasteiger partial charge on any atom is -0.481 e. The SMILES string of the molecule is CCCCC(O)C#CCCCCCCCSCCCCC(=O)O. The number of hydrogen-bond acceptors (Lipinski definition) is 3. The first-order valence-corrected chi connectivity index (χ1v) is 10.3. The van der Waals surface area contributed by atoms with E-state index in [1.165, 1.54) is 31.4 Å². The molecule has 0 bridgehead atoms. The highest BCUT2D eigenvalue weighted by Crippen LogP contribution is 2.12. The predicted octanol–water partition coefficient (Wildman–Crippen LogP) is 4.87. The van der Waals surface area contributed by atoms with Gasteiger partial charge in [-0.15, -0.1) is 5.92 Å². The number of aliphatic carboxylic acids is 1. The molecule has 0 aliphatic carbocycles. The smallest absolute Gasteiger partial charge is 0.303 e. The van der Waals surface area contributed by atoms with Crippen LogP contribution in [-0.4, -0.2) is 33.8 Å². The predicted molar refractivity (Wildman–Crippen MR) is 99.8 cm³/mol. The number of carboxylic acids is 1. The second-order valence-corrected chi connectivity index (χ2v) is 7.18. The van der Waals surface area contributed by atoms with Crippen molar-refractivity contribution >= 4 is 17.7 Å². The van der Waals surface area contributed by atoms with Gasteiger partial charge in [0.25, 0.3) is 0 Å². The van der Waals surface area contributed by atoms with Crippen LogP contribution in [0.2, 0.25) is 0 Å². The van der Waals surface area contributed by atoms with Crippen LogP contribution in [0.15, 0.2) is 0 Å². The summed E-state index contributed by atoms with van der Waals surface area (Å²) in [7, 11) is 0. The van der Waals surface area contributed by atoms with E-state index in [1.54, 1.807) is 0 Å². The molecule has 0 aliphatic rings. The van der Waals surface area contributed by atoms with Crippen LogP contribution in [0.3, 0.4) is 0 Å². The number of thioether (sulfide) groups is 1. The largest absolute Gasteiger partial charge is 0.481 e. The van der Waals surface area contributed by atoms with E-state index in [1.807, 2.05) is 11.8 Å². The zero-order valence-corrected chi connectivity index (χ0v) is 15.5. The molecule has 0 aromatic rings. The Labute approximate surface area is 146 Å². The average molecular weight is 343 g/mol. The molecule has 0 aromatic heterocycles. The Balaban J connectivity index is 3.19. The molecule has 0 heterocycles. The van der Waals surface area contributed by atoms with Gasteiger partial charge >= 0.3 is 5.97 Å². The van der Waals surface area contributed by atoms with Crippen molar-refractivity contribution in [3.05, 3.63) is 0 Å². The maximum absolute atomic E-state index is 10.3. The molecule has 0 amide bonds. The summed E-state index contributed by atoms with van der Waals surface area (Å²) in [4.78, 5) is 10.3. The van der Waals surface area contributed by atoms with E-state index in [2.05, 4.69) is 18.8 Å². The molecule has 0 radical (unpaired) electrons. The normalized spacial score (nSPS) is 11.7. The lowest BCUT2D eigenvalue weighted by Crippen LogP contribution is -2.01. The molecule has 0 aliphatic heterocycles. The van der Waals surface area contributed by atoms with E-state index in [-0.39, 0.29) is 0 Å². The molecule has 0 fully saturated rings. The Morgan fingerprint density at radius 1 is 1.00 bits per heavy atom. The highest BCUT2D eigenvalue weighted by Gasteiger charge is 1.97. The third-order valence-electron chi connectivity index (χ3n) is 3.62. The Hall–Kier alpha value is -0.660. The van der Waals surface area contributed by atoms with E-state index in [4.69, 9.17) is 5.11 Å². The summed E-state index contributed by atoms with van der Waals surface area (Å²) < 4.78 is 0. The second kappa shape index (κ2) is 17.7. The molecule has 23 heavy (non-hydrogen) atoms. The van der Waals surface area contributed by atoms with Gasteiger partial charge in [-0.05, 0) is 43.6 Å². The summed E-state index contributed by atoms with van der Waals surface area (Å²) in [5.74, 6) is 7.60. The van der Waals surface area contributed by atoms with Crippen molar-refractivity contribution in [1.82, 2.24) is 0 Å². The summed E-state index contributed by atoms with van der Waals surface area (Å²) in [5, 5.41) is 18.1. The first-order chi connectivity index (χ1) is 11.2. The van der Waals surface area contributed by atoms with Gasteiger partial charge in [0, 0.05) is 12.8 Å². The monoisotopic (exact) mass is 342 g/mol. The highest BCUT2D eigenvalue weighted by molar-refractivity contribution is 7.99. The van der Waals surface area contributed by atoms with Crippen molar-refractivity contribution in [3.63, 3.8) is 0 Å². The standard InChI is InChI=1S/C19H34O3S/c1-2-3-13-18(20)14-9-7-5-4-6-8-11-16-23-17-12-10-15-19(21)22/h18,20H,2-8,10-13,15-17H2,1H3,(H,21,22). The van der Waals surface area contributed by atoms with Crippen molar-refractivity contribution in [1.29, 1.82) is 0 Å². The van der Waals surface area contributed by atoms with Crippen LogP contribution >= 0.6 is 11.8 Å². The van der Waals surface area contributed by atoms with Crippen LogP contribution in [0.25, 0.3) is 0 Å². The van der Waals surface area contributed by atoms with E-state index in [0.29, 0.717) is 6.42 Å². The molecule has 1 atom stereocenters. The molecule has 134 valence electrons. The fraction of sp³-hybridized carbons (Fsp3) is 0.842. The zero-order valence-electron chi connectivity index (χ0n) is 14.7. The first kappa shape index (κ1) is 22.3. The number of rotatable bonds is 15. The number of hydrogen-bond donors (Lipinski definition) is 2. The lowest BCUT2D eigenvalue weighted by molar-refractivity contribution is -0.137. The average Bonchev–Trinajstić information content (AvgIpc) is 2.52. The lowest BCUT2D eigenvalue weighted by Gasteiger charge is -2.02. The molecular formula is C19H34O3S.